The first-order valence-electron chi connectivity index (χ1n) is 7.22. The number of benzene rings is 2. The van der Waals surface area contributed by atoms with Crippen LogP contribution in [0.5, 0.6) is 11.5 Å². The Hall–Kier alpha value is -2.93. The number of hydrogen-bond donors (Lipinski definition) is 2. The lowest BCUT2D eigenvalue weighted by Crippen LogP contribution is -2.23. The average Bonchev–Trinajstić information content (AvgIpc) is 2.57. The van der Waals surface area contributed by atoms with Crippen molar-refractivity contribution < 1.29 is 14.3 Å². The largest absolute Gasteiger partial charge is 0.494 e. The van der Waals surface area contributed by atoms with Crippen LogP contribution in [0.3, 0.4) is 0 Å². The second kappa shape index (κ2) is 8.64. The van der Waals surface area contributed by atoms with Gasteiger partial charge in [0.25, 0.3) is 0 Å². The molecule has 0 atom stereocenters. The molecule has 124 valence electrons. The van der Waals surface area contributed by atoms with Crippen LogP contribution in [0.2, 0.25) is 0 Å². The summed E-state index contributed by atoms with van der Waals surface area (Å²) in [6.07, 6.45) is 1.55. The van der Waals surface area contributed by atoms with Crippen molar-refractivity contribution in [1.29, 1.82) is 0 Å². The standard InChI is InChI=1S/C17H17N3O3S/c1-2-22-14-9-5-13(6-10-14)16(21)23-15-7-3-12(4-8-15)11-19-20-17(18)24/h3-11H,2H2,1H3,(H3,18,20,24). The van der Waals surface area contributed by atoms with Gasteiger partial charge < -0.3 is 15.2 Å². The second-order valence-electron chi connectivity index (χ2n) is 4.65. The number of hydrogen-bond acceptors (Lipinski definition) is 5. The molecule has 0 saturated heterocycles. The molecule has 0 fully saturated rings. The van der Waals surface area contributed by atoms with Gasteiger partial charge in [-0.1, -0.05) is 0 Å². The molecule has 2 aromatic carbocycles. The molecule has 24 heavy (non-hydrogen) atoms. The first-order valence-corrected chi connectivity index (χ1v) is 7.63. The zero-order chi connectivity index (χ0) is 17.4. The third-order valence-corrected chi connectivity index (χ3v) is 2.97. The van der Waals surface area contributed by atoms with E-state index in [1.165, 1.54) is 0 Å². The summed E-state index contributed by atoms with van der Waals surface area (Å²) in [5, 5.41) is 3.93. The van der Waals surface area contributed by atoms with E-state index < -0.39 is 5.97 Å². The summed E-state index contributed by atoms with van der Waals surface area (Å²) in [7, 11) is 0. The molecule has 2 rings (SSSR count). The Labute approximate surface area is 145 Å². The highest BCUT2D eigenvalue weighted by molar-refractivity contribution is 7.80. The first kappa shape index (κ1) is 17.4. The van der Waals surface area contributed by atoms with Crippen molar-refractivity contribution in [2.45, 2.75) is 6.92 Å². The van der Waals surface area contributed by atoms with E-state index in [9.17, 15) is 4.79 Å². The zero-order valence-corrected chi connectivity index (χ0v) is 13.9. The lowest BCUT2D eigenvalue weighted by atomic mass is 10.2. The predicted octanol–water partition coefficient (Wildman–Crippen LogP) is 2.47. The molecular formula is C17H17N3O3S. The number of carbonyl (C=O) groups is 1. The maximum atomic E-state index is 12.1. The molecule has 2 aromatic rings. The first-order chi connectivity index (χ1) is 11.6. The van der Waals surface area contributed by atoms with E-state index in [0.29, 0.717) is 23.7 Å². The molecule has 0 aliphatic carbocycles. The van der Waals surface area contributed by atoms with Crippen LogP contribution in [0, 0.1) is 0 Å². The Morgan fingerprint density at radius 1 is 1.17 bits per heavy atom. The van der Waals surface area contributed by atoms with Crippen LogP contribution >= 0.6 is 12.2 Å². The smallest absolute Gasteiger partial charge is 0.343 e. The Balaban J connectivity index is 1.96. The zero-order valence-electron chi connectivity index (χ0n) is 13.1. The second-order valence-corrected chi connectivity index (χ2v) is 5.09. The number of ether oxygens (including phenoxy) is 2. The Morgan fingerprint density at radius 3 is 2.38 bits per heavy atom. The van der Waals surface area contributed by atoms with Crippen LogP contribution in [-0.4, -0.2) is 23.9 Å². The monoisotopic (exact) mass is 343 g/mol. The molecule has 7 heteroatoms. The van der Waals surface area contributed by atoms with Gasteiger partial charge in [0.05, 0.1) is 18.4 Å². The average molecular weight is 343 g/mol. The van der Waals surface area contributed by atoms with Crippen molar-refractivity contribution in [1.82, 2.24) is 5.43 Å². The van der Waals surface area contributed by atoms with Gasteiger partial charge in [-0.2, -0.15) is 5.10 Å². The molecule has 0 aliphatic heterocycles. The number of esters is 1. The molecule has 0 aromatic heterocycles. The minimum Gasteiger partial charge on any atom is -0.494 e. The van der Waals surface area contributed by atoms with Crippen molar-refractivity contribution in [2.75, 3.05) is 6.61 Å². The summed E-state index contributed by atoms with van der Waals surface area (Å²) in [4.78, 5) is 12.1. The van der Waals surface area contributed by atoms with E-state index >= 15 is 0 Å². The summed E-state index contributed by atoms with van der Waals surface area (Å²) < 4.78 is 10.7. The molecule has 3 N–H and O–H groups in total. The van der Waals surface area contributed by atoms with Crippen molar-refractivity contribution in [3.05, 3.63) is 59.7 Å². The van der Waals surface area contributed by atoms with E-state index in [1.807, 2.05) is 6.92 Å². The van der Waals surface area contributed by atoms with Crippen LogP contribution < -0.4 is 20.6 Å². The maximum Gasteiger partial charge on any atom is 0.343 e. The Bertz CT molecular complexity index is 728. The van der Waals surface area contributed by atoms with Crippen molar-refractivity contribution in [2.24, 2.45) is 10.8 Å². The van der Waals surface area contributed by atoms with Gasteiger partial charge in [0, 0.05) is 0 Å². The molecular weight excluding hydrogens is 326 g/mol. The van der Waals surface area contributed by atoms with Gasteiger partial charge in [-0.15, -0.1) is 0 Å². The summed E-state index contributed by atoms with van der Waals surface area (Å²) in [5.74, 6) is 0.714. The van der Waals surface area contributed by atoms with E-state index in [4.69, 9.17) is 15.2 Å². The highest BCUT2D eigenvalue weighted by atomic mass is 32.1. The van der Waals surface area contributed by atoms with E-state index in [2.05, 4.69) is 22.7 Å². The van der Waals surface area contributed by atoms with Gasteiger partial charge >= 0.3 is 5.97 Å². The molecule has 6 nitrogen and oxygen atoms in total. The van der Waals surface area contributed by atoms with E-state index in [1.54, 1.807) is 54.7 Å². The number of nitrogens with two attached hydrogens (primary N) is 1. The maximum absolute atomic E-state index is 12.1. The minimum atomic E-state index is -0.436. The van der Waals surface area contributed by atoms with Crippen LogP contribution in [-0.2, 0) is 0 Å². The SMILES string of the molecule is CCOc1ccc(C(=O)Oc2ccc(C=NNC(N)=S)cc2)cc1. The number of nitrogens with zero attached hydrogens (tertiary/aromatic N) is 1. The van der Waals surface area contributed by atoms with Crippen LogP contribution in [0.15, 0.2) is 53.6 Å². The normalized spacial score (nSPS) is 10.4. The van der Waals surface area contributed by atoms with Gasteiger partial charge in [-0.3, -0.25) is 5.43 Å². The quantitative estimate of drug-likeness (QED) is 0.275. The number of carbonyl (C=O) groups excluding carboxylic acids is 1. The highest BCUT2D eigenvalue weighted by Crippen LogP contribution is 2.16. The molecule has 0 spiro atoms. The lowest BCUT2D eigenvalue weighted by molar-refractivity contribution is 0.0734. The van der Waals surface area contributed by atoms with E-state index in [-0.39, 0.29) is 5.11 Å². The van der Waals surface area contributed by atoms with Gasteiger partial charge in [0.1, 0.15) is 11.5 Å². The molecule has 0 saturated carbocycles. The number of thiocarbonyl (C=S) groups is 1. The van der Waals surface area contributed by atoms with Gasteiger partial charge in [-0.25, -0.2) is 4.79 Å². The number of rotatable bonds is 6. The lowest BCUT2D eigenvalue weighted by Gasteiger charge is -2.06. The highest BCUT2D eigenvalue weighted by Gasteiger charge is 2.08. The molecule has 0 radical (unpaired) electrons. The van der Waals surface area contributed by atoms with Crippen molar-refractivity contribution >= 4 is 29.5 Å². The molecule has 0 amide bonds. The fraction of sp³-hybridized carbons (Fsp3) is 0.118. The Kier molecular flexibility index (Phi) is 6.27. The molecule has 0 bridgehead atoms. The van der Waals surface area contributed by atoms with Crippen molar-refractivity contribution in [3.8, 4) is 11.5 Å². The molecule has 0 unspecified atom stereocenters. The summed E-state index contributed by atoms with van der Waals surface area (Å²) in [5.41, 5.74) is 8.97. The number of hydrazone groups is 1. The van der Waals surface area contributed by atoms with Gasteiger partial charge in [-0.05, 0) is 73.2 Å². The third kappa shape index (κ3) is 5.36. The Morgan fingerprint density at radius 2 is 1.79 bits per heavy atom. The summed E-state index contributed by atoms with van der Waals surface area (Å²) in [6, 6.07) is 13.6. The van der Waals surface area contributed by atoms with Gasteiger partial charge in [0.15, 0.2) is 5.11 Å². The van der Waals surface area contributed by atoms with E-state index in [0.717, 1.165) is 5.56 Å². The van der Waals surface area contributed by atoms with Crippen LogP contribution in [0.25, 0.3) is 0 Å². The fourth-order valence-corrected chi connectivity index (χ4v) is 1.86. The predicted molar refractivity (Wildman–Crippen MR) is 96.5 cm³/mol. The van der Waals surface area contributed by atoms with Gasteiger partial charge in [0.2, 0.25) is 0 Å². The molecule has 0 heterocycles. The third-order valence-electron chi connectivity index (χ3n) is 2.88. The fourth-order valence-electron chi connectivity index (χ4n) is 1.81. The summed E-state index contributed by atoms with van der Waals surface area (Å²) in [6.45, 7) is 2.48. The van der Waals surface area contributed by atoms with Crippen LogP contribution in [0.1, 0.15) is 22.8 Å². The van der Waals surface area contributed by atoms with Crippen molar-refractivity contribution in [3.63, 3.8) is 0 Å². The summed E-state index contributed by atoms with van der Waals surface area (Å²) >= 11 is 4.64. The minimum absolute atomic E-state index is 0.0900. The molecule has 0 aliphatic rings. The number of nitrogens with one attached hydrogen (secondary N) is 1. The topological polar surface area (TPSA) is 85.9 Å². The van der Waals surface area contributed by atoms with Crippen LogP contribution in [0.4, 0.5) is 0 Å².